The van der Waals surface area contributed by atoms with Gasteiger partial charge in [0, 0.05) is 32.6 Å². The third kappa shape index (κ3) is 5.19. The summed E-state index contributed by atoms with van der Waals surface area (Å²) in [6, 6.07) is 7.11. The molecule has 3 nitrogen and oxygen atoms in total. The van der Waals surface area contributed by atoms with Gasteiger partial charge >= 0.3 is 0 Å². The molecule has 0 aliphatic heterocycles. The number of nitrogens with zero attached hydrogens (tertiary/aromatic N) is 2. The molecule has 5 heteroatoms. The molecule has 1 N–H and O–H groups in total. The van der Waals surface area contributed by atoms with Gasteiger partial charge < -0.3 is 10.2 Å². The Hall–Kier alpha value is -1.11. The summed E-state index contributed by atoms with van der Waals surface area (Å²) < 4.78 is 14.0. The number of guanidine groups is 1. The molecule has 0 aromatic heterocycles. The Morgan fingerprint density at radius 2 is 2.13 bits per heavy atom. The number of hydrogen-bond donors (Lipinski definition) is 1. The van der Waals surface area contributed by atoms with Gasteiger partial charge in [0.1, 0.15) is 5.82 Å². The fourth-order valence-corrected chi connectivity index (χ4v) is 2.80. The molecule has 0 saturated heterocycles. The van der Waals surface area contributed by atoms with E-state index >= 15 is 0 Å². The second kappa shape index (κ2) is 9.25. The number of unbranched alkanes of at least 4 members (excludes halogenated alkanes) is 1. The van der Waals surface area contributed by atoms with Gasteiger partial charge in [-0.3, -0.25) is 4.99 Å². The van der Waals surface area contributed by atoms with E-state index in [2.05, 4.69) is 21.8 Å². The lowest BCUT2D eigenvalue weighted by molar-refractivity contribution is 0.462. The van der Waals surface area contributed by atoms with Gasteiger partial charge in [-0.2, -0.15) is 0 Å². The summed E-state index contributed by atoms with van der Waals surface area (Å²) in [5.74, 6) is 0.766. The zero-order valence-corrected chi connectivity index (χ0v) is 16.3. The Labute approximate surface area is 156 Å². The van der Waals surface area contributed by atoms with Crippen LogP contribution in [0.4, 0.5) is 4.39 Å². The summed E-state index contributed by atoms with van der Waals surface area (Å²) in [5, 5.41) is 3.41. The van der Waals surface area contributed by atoms with E-state index in [4.69, 9.17) is 0 Å². The van der Waals surface area contributed by atoms with Crippen LogP contribution in [0, 0.1) is 5.82 Å². The van der Waals surface area contributed by atoms with Crippen molar-refractivity contribution in [3.63, 3.8) is 0 Å². The van der Waals surface area contributed by atoms with Gasteiger partial charge in [0.2, 0.25) is 0 Å². The van der Waals surface area contributed by atoms with Crippen molar-refractivity contribution in [1.29, 1.82) is 0 Å². The first-order valence-corrected chi connectivity index (χ1v) is 7.90. The van der Waals surface area contributed by atoms with E-state index in [9.17, 15) is 4.39 Å². The molecular weight excluding hydrogens is 404 g/mol. The predicted molar refractivity (Wildman–Crippen MR) is 106 cm³/mol. The minimum absolute atomic E-state index is 0. The Balaban J connectivity index is 0.00000264. The molecule has 0 atom stereocenters. The standard InChI is InChI=1S/C18H26FN3.HI/c1-4-5-8-13-22(3)17(20-2)21-14-18(11-12-18)15-9-6-7-10-16(15)19;/h4,6-7,9-10H,1,5,8,11-14H2,2-3H3,(H,20,21);1H. The molecule has 0 amide bonds. The van der Waals surface area contributed by atoms with E-state index in [1.54, 1.807) is 19.2 Å². The highest BCUT2D eigenvalue weighted by Gasteiger charge is 2.45. The normalized spacial score (nSPS) is 15.5. The summed E-state index contributed by atoms with van der Waals surface area (Å²) in [4.78, 5) is 6.44. The lowest BCUT2D eigenvalue weighted by atomic mass is 9.95. The zero-order chi connectivity index (χ0) is 16.0. The van der Waals surface area contributed by atoms with E-state index in [1.165, 1.54) is 0 Å². The average Bonchev–Trinajstić information content (AvgIpc) is 3.29. The minimum Gasteiger partial charge on any atom is -0.355 e. The van der Waals surface area contributed by atoms with E-state index in [1.807, 2.05) is 25.3 Å². The van der Waals surface area contributed by atoms with Gasteiger partial charge in [0.25, 0.3) is 0 Å². The molecular formula is C18H27FIN3. The Kier molecular flexibility index (Phi) is 8.02. The number of halogens is 2. The van der Waals surface area contributed by atoms with E-state index in [0.29, 0.717) is 0 Å². The maximum absolute atomic E-state index is 14.0. The number of hydrogen-bond acceptors (Lipinski definition) is 1. The Bertz CT molecular complexity index is 541. The summed E-state index contributed by atoms with van der Waals surface area (Å²) >= 11 is 0. The van der Waals surface area contributed by atoms with Gasteiger partial charge in [-0.1, -0.05) is 24.3 Å². The Morgan fingerprint density at radius 1 is 1.43 bits per heavy atom. The van der Waals surface area contributed by atoms with Crippen molar-refractivity contribution in [2.24, 2.45) is 4.99 Å². The van der Waals surface area contributed by atoms with Gasteiger partial charge in [-0.15, -0.1) is 30.6 Å². The average molecular weight is 431 g/mol. The molecule has 1 saturated carbocycles. The van der Waals surface area contributed by atoms with Crippen LogP contribution in [0.2, 0.25) is 0 Å². The van der Waals surface area contributed by atoms with Crippen molar-refractivity contribution in [1.82, 2.24) is 10.2 Å². The highest BCUT2D eigenvalue weighted by Crippen LogP contribution is 2.48. The molecule has 0 heterocycles. The van der Waals surface area contributed by atoms with Crippen molar-refractivity contribution >= 4 is 29.9 Å². The lowest BCUT2D eigenvalue weighted by Gasteiger charge is -2.25. The lowest BCUT2D eigenvalue weighted by Crippen LogP contribution is -2.42. The largest absolute Gasteiger partial charge is 0.355 e. The first-order chi connectivity index (χ1) is 10.6. The SMILES string of the molecule is C=CCCCN(C)C(=NC)NCC1(c2ccccc2F)CC1.I. The first-order valence-electron chi connectivity index (χ1n) is 7.90. The van der Waals surface area contributed by atoms with E-state index < -0.39 is 0 Å². The number of benzene rings is 1. The second-order valence-corrected chi connectivity index (χ2v) is 6.01. The Morgan fingerprint density at radius 3 is 2.70 bits per heavy atom. The minimum atomic E-state index is -0.101. The van der Waals surface area contributed by atoms with Gasteiger partial charge in [-0.05, 0) is 37.3 Å². The maximum atomic E-state index is 14.0. The third-order valence-corrected chi connectivity index (χ3v) is 4.36. The van der Waals surface area contributed by atoms with Crippen molar-refractivity contribution in [3.05, 3.63) is 48.3 Å². The smallest absolute Gasteiger partial charge is 0.193 e. The van der Waals surface area contributed by atoms with Crippen molar-refractivity contribution in [3.8, 4) is 0 Å². The van der Waals surface area contributed by atoms with Gasteiger partial charge in [0.15, 0.2) is 5.96 Å². The number of rotatable bonds is 7. The van der Waals surface area contributed by atoms with Crippen LogP contribution in [0.25, 0.3) is 0 Å². The van der Waals surface area contributed by atoms with Crippen LogP contribution in [-0.2, 0) is 5.41 Å². The van der Waals surface area contributed by atoms with Gasteiger partial charge in [0.05, 0.1) is 0 Å². The zero-order valence-electron chi connectivity index (χ0n) is 14.0. The van der Waals surface area contributed by atoms with Crippen LogP contribution in [0.3, 0.4) is 0 Å². The second-order valence-electron chi connectivity index (χ2n) is 6.01. The van der Waals surface area contributed by atoms with Gasteiger partial charge in [-0.25, -0.2) is 4.39 Å². The van der Waals surface area contributed by atoms with E-state index in [-0.39, 0.29) is 35.2 Å². The summed E-state index contributed by atoms with van der Waals surface area (Å²) in [5.41, 5.74) is 0.760. The number of allylic oxidation sites excluding steroid dienone is 1. The highest BCUT2D eigenvalue weighted by molar-refractivity contribution is 14.0. The molecule has 0 bridgehead atoms. The molecule has 0 unspecified atom stereocenters. The molecule has 1 aromatic rings. The maximum Gasteiger partial charge on any atom is 0.193 e. The molecule has 1 aliphatic rings. The molecule has 0 spiro atoms. The van der Waals surface area contributed by atoms with Crippen LogP contribution in [-0.4, -0.2) is 38.0 Å². The quantitative estimate of drug-likeness (QED) is 0.233. The van der Waals surface area contributed by atoms with Crippen LogP contribution in [0.15, 0.2) is 41.9 Å². The topological polar surface area (TPSA) is 27.6 Å². The molecule has 23 heavy (non-hydrogen) atoms. The molecule has 0 radical (unpaired) electrons. The third-order valence-electron chi connectivity index (χ3n) is 4.36. The fraction of sp³-hybridized carbons (Fsp3) is 0.500. The predicted octanol–water partition coefficient (Wildman–Crippen LogP) is 3.95. The van der Waals surface area contributed by atoms with Crippen LogP contribution >= 0.6 is 24.0 Å². The molecule has 128 valence electrons. The summed E-state index contributed by atoms with van der Waals surface area (Å²) in [7, 11) is 3.82. The van der Waals surface area contributed by atoms with Crippen molar-refractivity contribution < 1.29 is 4.39 Å². The summed E-state index contributed by atoms with van der Waals surface area (Å²) in [6.45, 7) is 5.40. The summed E-state index contributed by atoms with van der Waals surface area (Å²) in [6.07, 6.45) is 6.04. The number of aliphatic imine (C=N–C) groups is 1. The van der Waals surface area contributed by atoms with E-state index in [0.717, 1.165) is 50.3 Å². The molecule has 2 rings (SSSR count). The van der Waals surface area contributed by atoms with Crippen LogP contribution in [0.5, 0.6) is 0 Å². The number of nitrogens with one attached hydrogen (secondary N) is 1. The fourth-order valence-electron chi connectivity index (χ4n) is 2.80. The molecule has 1 aliphatic carbocycles. The van der Waals surface area contributed by atoms with Crippen molar-refractivity contribution in [2.45, 2.75) is 31.1 Å². The molecule has 1 aromatic carbocycles. The van der Waals surface area contributed by atoms with Crippen LogP contribution in [0.1, 0.15) is 31.2 Å². The first kappa shape index (κ1) is 19.9. The van der Waals surface area contributed by atoms with Crippen LogP contribution < -0.4 is 5.32 Å². The van der Waals surface area contributed by atoms with Crippen molar-refractivity contribution in [2.75, 3.05) is 27.2 Å². The monoisotopic (exact) mass is 431 g/mol. The molecule has 1 fully saturated rings. The highest BCUT2D eigenvalue weighted by atomic mass is 127.